The molecule has 2 aromatic carbocycles. The summed E-state index contributed by atoms with van der Waals surface area (Å²) in [5, 5.41) is 24.5. The number of ether oxygens (including phenoxy) is 3. The van der Waals surface area contributed by atoms with E-state index in [-0.39, 0.29) is 35.6 Å². The summed E-state index contributed by atoms with van der Waals surface area (Å²) in [6.07, 6.45) is -0.409. The highest BCUT2D eigenvalue weighted by Crippen LogP contribution is 2.40. The Kier molecular flexibility index (Phi) is 10.5. The molecular weight excluding hydrogens is 640 g/mol. The molecule has 0 saturated heterocycles. The second kappa shape index (κ2) is 13.7. The van der Waals surface area contributed by atoms with Crippen molar-refractivity contribution >= 4 is 27.3 Å². The van der Waals surface area contributed by atoms with Gasteiger partial charge in [0.2, 0.25) is 5.91 Å². The number of alkyl halides is 3. The summed E-state index contributed by atoms with van der Waals surface area (Å²) in [5.41, 5.74) is -6.53. The first-order valence-electron chi connectivity index (χ1n) is 14.5. The molecule has 4 rings (SSSR count). The first-order valence-corrected chi connectivity index (χ1v) is 15.9. The Labute approximate surface area is 263 Å². The molecule has 0 bridgehead atoms. The Morgan fingerprint density at radius 2 is 1.70 bits per heavy atom. The third kappa shape index (κ3) is 7.56. The van der Waals surface area contributed by atoms with Gasteiger partial charge in [-0.2, -0.15) is 13.2 Å². The molecular formula is C30H36F4N2O9S. The minimum atomic E-state index is -5.65. The van der Waals surface area contributed by atoms with Crippen LogP contribution in [0.25, 0.3) is 0 Å². The molecule has 2 saturated carbocycles. The van der Waals surface area contributed by atoms with Crippen LogP contribution in [0.1, 0.15) is 55.8 Å². The maximum Gasteiger partial charge on any atom is 0.501 e. The minimum absolute atomic E-state index is 0.0876. The van der Waals surface area contributed by atoms with Gasteiger partial charge in [-0.25, -0.2) is 12.8 Å². The van der Waals surface area contributed by atoms with Gasteiger partial charge in [0.1, 0.15) is 5.75 Å². The molecule has 0 aliphatic heterocycles. The third-order valence-corrected chi connectivity index (χ3v) is 10.2. The monoisotopic (exact) mass is 676 g/mol. The number of anilines is 1. The first-order chi connectivity index (χ1) is 21.5. The van der Waals surface area contributed by atoms with Crippen molar-refractivity contribution < 1.29 is 60.0 Å². The van der Waals surface area contributed by atoms with Crippen molar-refractivity contribution in [3.8, 4) is 11.5 Å². The molecule has 4 N–H and O–H groups in total. The van der Waals surface area contributed by atoms with Gasteiger partial charge in [0.05, 0.1) is 35.7 Å². The lowest BCUT2D eigenvalue weighted by Gasteiger charge is -2.38. The molecule has 0 radical (unpaired) electrons. The van der Waals surface area contributed by atoms with Crippen LogP contribution in [-0.2, 0) is 19.4 Å². The van der Waals surface area contributed by atoms with Gasteiger partial charge in [0.15, 0.2) is 17.9 Å². The van der Waals surface area contributed by atoms with E-state index in [4.69, 9.17) is 14.2 Å². The van der Waals surface area contributed by atoms with Crippen LogP contribution in [0, 0.1) is 17.2 Å². The summed E-state index contributed by atoms with van der Waals surface area (Å²) < 4.78 is 94.3. The Morgan fingerprint density at radius 3 is 2.28 bits per heavy atom. The maximum atomic E-state index is 15.0. The van der Waals surface area contributed by atoms with Crippen LogP contribution in [0.3, 0.4) is 0 Å². The number of carbonyl (C=O) groups excluding carboxylic acids is 2. The number of amides is 2. The van der Waals surface area contributed by atoms with Gasteiger partial charge < -0.3 is 35.1 Å². The molecule has 2 aromatic rings. The van der Waals surface area contributed by atoms with E-state index in [0.29, 0.717) is 31.7 Å². The van der Waals surface area contributed by atoms with Gasteiger partial charge in [-0.05, 0) is 62.8 Å². The van der Waals surface area contributed by atoms with Crippen LogP contribution >= 0.6 is 0 Å². The highest BCUT2D eigenvalue weighted by atomic mass is 32.2. The Hall–Kier alpha value is -3.47. The van der Waals surface area contributed by atoms with Crippen molar-refractivity contribution in [2.24, 2.45) is 11.3 Å². The second-order valence-corrected chi connectivity index (χ2v) is 13.8. The minimum Gasteiger partial charge on any atom is -0.496 e. The number of benzene rings is 2. The van der Waals surface area contributed by atoms with Crippen molar-refractivity contribution in [2.75, 3.05) is 19.5 Å². The molecule has 2 aliphatic carbocycles. The van der Waals surface area contributed by atoms with Gasteiger partial charge in [-0.3, -0.25) is 9.59 Å². The second-order valence-electron chi connectivity index (χ2n) is 11.8. The van der Waals surface area contributed by atoms with Gasteiger partial charge in [-0.1, -0.05) is 13.0 Å². The lowest BCUT2D eigenvalue weighted by atomic mass is 9.74. The van der Waals surface area contributed by atoms with Crippen LogP contribution in [0.2, 0.25) is 0 Å². The molecule has 2 aliphatic rings. The van der Waals surface area contributed by atoms with Gasteiger partial charge >= 0.3 is 5.51 Å². The highest BCUT2D eigenvalue weighted by molar-refractivity contribution is 7.92. The van der Waals surface area contributed by atoms with E-state index in [9.17, 15) is 45.8 Å². The van der Waals surface area contributed by atoms with E-state index in [1.165, 1.54) is 26.4 Å². The predicted molar refractivity (Wildman–Crippen MR) is 155 cm³/mol. The summed E-state index contributed by atoms with van der Waals surface area (Å²) in [6, 6.07) is 5.09. The number of sulfone groups is 1. The standard InChI is InChI=1S/C30H36F4N2O9S/c1-29(28(39)40)9-7-17(8-10-29)45-25-14-21(24(44-3)15-22(25)31)27(38)36-23-13-18(43-2)12-20(23)26(37)35-16-5-4-6-19(11-16)46(41,42)30(32,33)34/h4-6,11,14-15,17-18,20,23,28,39-40H,7-10,12-13H2,1-3H3,(H,35,37)(H,36,38)/t17?,18-,20+,23-,29?/m1/s1. The molecule has 254 valence electrons. The Balaban J connectivity index is 1.50. The fourth-order valence-electron chi connectivity index (χ4n) is 5.77. The molecule has 11 nitrogen and oxygen atoms in total. The summed E-state index contributed by atoms with van der Waals surface area (Å²) >= 11 is 0. The summed E-state index contributed by atoms with van der Waals surface area (Å²) in [4.78, 5) is 25.7. The van der Waals surface area contributed by atoms with Crippen molar-refractivity contribution in [3.63, 3.8) is 0 Å². The van der Waals surface area contributed by atoms with Crippen LogP contribution in [0.4, 0.5) is 23.2 Å². The molecule has 0 unspecified atom stereocenters. The largest absolute Gasteiger partial charge is 0.501 e. The molecule has 46 heavy (non-hydrogen) atoms. The van der Waals surface area contributed by atoms with Gasteiger partial charge in [-0.15, -0.1) is 0 Å². The number of carbonyl (C=O) groups is 2. The van der Waals surface area contributed by atoms with Crippen molar-refractivity contribution in [1.29, 1.82) is 0 Å². The number of methoxy groups -OCH3 is 2. The van der Waals surface area contributed by atoms with Gasteiger partial charge in [0.25, 0.3) is 15.7 Å². The SMILES string of the molecule is COc1cc(F)c(OC2CCC(C)(C(O)O)CC2)cc1C(=O)N[C@@H]1C[C@H](OC)C[C@@H]1C(=O)Nc1cccc(S(=O)(=O)C(F)(F)F)c1. The molecule has 16 heteroatoms. The zero-order valence-corrected chi connectivity index (χ0v) is 26.1. The smallest absolute Gasteiger partial charge is 0.496 e. The number of aliphatic hydroxyl groups excluding tert-OH is 1. The number of nitrogens with one attached hydrogen (secondary N) is 2. The van der Waals surface area contributed by atoms with E-state index in [1.54, 1.807) is 6.92 Å². The number of rotatable bonds is 10. The average Bonchev–Trinajstić information content (AvgIpc) is 3.41. The first kappa shape index (κ1) is 35.4. The quantitative estimate of drug-likeness (QED) is 0.216. The Bertz CT molecular complexity index is 1540. The van der Waals surface area contributed by atoms with Crippen LogP contribution in [-0.4, -0.2) is 74.7 Å². The number of aliphatic hydroxyl groups is 2. The molecule has 0 aromatic heterocycles. The van der Waals surface area contributed by atoms with E-state index >= 15 is 0 Å². The number of halogens is 4. The lowest BCUT2D eigenvalue weighted by Crippen LogP contribution is -2.42. The number of hydrogen-bond donors (Lipinski definition) is 4. The highest BCUT2D eigenvalue weighted by Gasteiger charge is 2.47. The Morgan fingerprint density at radius 1 is 1.02 bits per heavy atom. The zero-order valence-electron chi connectivity index (χ0n) is 25.3. The van der Waals surface area contributed by atoms with Crippen molar-refractivity contribution in [3.05, 3.63) is 47.8 Å². The lowest BCUT2D eigenvalue weighted by molar-refractivity contribution is -0.147. The topological polar surface area (TPSA) is 160 Å². The van der Waals surface area contributed by atoms with Crippen molar-refractivity contribution in [2.45, 2.75) is 80.4 Å². The van der Waals surface area contributed by atoms with Gasteiger partial charge in [0, 0.05) is 30.3 Å². The molecule has 2 fully saturated rings. The summed E-state index contributed by atoms with van der Waals surface area (Å²) in [5.74, 6) is -3.45. The molecule has 3 atom stereocenters. The third-order valence-electron chi connectivity index (χ3n) is 8.71. The maximum absolute atomic E-state index is 15.0. The van der Waals surface area contributed by atoms with E-state index in [0.717, 1.165) is 18.2 Å². The fourth-order valence-corrected chi connectivity index (χ4v) is 6.57. The van der Waals surface area contributed by atoms with E-state index < -0.39 is 73.7 Å². The normalized spacial score (nSPS) is 25.3. The van der Waals surface area contributed by atoms with Crippen molar-refractivity contribution in [1.82, 2.24) is 5.32 Å². The van der Waals surface area contributed by atoms with Crippen LogP contribution < -0.4 is 20.1 Å². The number of hydrogen-bond acceptors (Lipinski definition) is 9. The summed E-state index contributed by atoms with van der Waals surface area (Å²) in [7, 11) is -2.99. The molecule has 0 heterocycles. The molecule has 2 amide bonds. The summed E-state index contributed by atoms with van der Waals surface area (Å²) in [6.45, 7) is 1.74. The van der Waals surface area contributed by atoms with Crippen LogP contribution in [0.5, 0.6) is 11.5 Å². The average molecular weight is 677 g/mol. The zero-order chi connectivity index (χ0) is 34.0. The fraction of sp³-hybridized carbons (Fsp3) is 0.533. The van der Waals surface area contributed by atoms with E-state index in [1.807, 2.05) is 0 Å². The van der Waals surface area contributed by atoms with Crippen LogP contribution in [0.15, 0.2) is 41.3 Å². The predicted octanol–water partition coefficient (Wildman–Crippen LogP) is 3.93. The molecule has 0 spiro atoms. The van der Waals surface area contributed by atoms with E-state index in [2.05, 4.69) is 10.6 Å².